The van der Waals surface area contributed by atoms with Gasteiger partial charge < -0.3 is 0 Å². The summed E-state index contributed by atoms with van der Waals surface area (Å²) in [5.74, 6) is -0.840. The standard InChI is InChI=1S/C17H18N2O5S2/c1-12-4-3-5-14(10-12)18-26(23,24)16-11-15(7-6-13(16)2)19-17(20)8-9-25(19,21)22/h3-7,10-11,18H,8-9H2,1-2H3. The molecule has 0 aliphatic carbocycles. The molecule has 138 valence electrons. The first-order valence-corrected chi connectivity index (χ1v) is 11.0. The van der Waals surface area contributed by atoms with E-state index in [1.165, 1.54) is 18.2 Å². The van der Waals surface area contributed by atoms with E-state index in [9.17, 15) is 21.6 Å². The number of carbonyl (C=O) groups is 1. The maximum atomic E-state index is 12.8. The zero-order valence-corrected chi connectivity index (χ0v) is 15.9. The van der Waals surface area contributed by atoms with E-state index in [1.54, 1.807) is 25.1 Å². The van der Waals surface area contributed by atoms with E-state index < -0.39 is 26.0 Å². The van der Waals surface area contributed by atoms with Crippen molar-refractivity contribution < 1.29 is 21.6 Å². The average molecular weight is 394 g/mol. The van der Waals surface area contributed by atoms with Crippen molar-refractivity contribution in [3.63, 3.8) is 0 Å². The summed E-state index contributed by atoms with van der Waals surface area (Å²) >= 11 is 0. The number of anilines is 2. The second-order valence-electron chi connectivity index (χ2n) is 6.15. The number of amides is 1. The van der Waals surface area contributed by atoms with Crippen LogP contribution in [0, 0.1) is 13.8 Å². The monoisotopic (exact) mass is 394 g/mol. The highest BCUT2D eigenvalue weighted by molar-refractivity contribution is 7.94. The molecule has 1 heterocycles. The smallest absolute Gasteiger partial charge is 0.262 e. The molecule has 1 amide bonds. The molecular weight excluding hydrogens is 376 g/mol. The van der Waals surface area contributed by atoms with Gasteiger partial charge in [-0.15, -0.1) is 0 Å². The van der Waals surface area contributed by atoms with E-state index >= 15 is 0 Å². The molecule has 0 bridgehead atoms. The molecule has 1 fully saturated rings. The lowest BCUT2D eigenvalue weighted by molar-refractivity contribution is -0.116. The summed E-state index contributed by atoms with van der Waals surface area (Å²) in [5.41, 5.74) is 1.77. The van der Waals surface area contributed by atoms with Crippen molar-refractivity contribution in [1.29, 1.82) is 0 Å². The lowest BCUT2D eigenvalue weighted by Crippen LogP contribution is -2.29. The van der Waals surface area contributed by atoms with E-state index in [1.807, 2.05) is 13.0 Å². The van der Waals surface area contributed by atoms with Gasteiger partial charge in [-0.2, -0.15) is 0 Å². The predicted molar refractivity (Wildman–Crippen MR) is 99.1 cm³/mol. The van der Waals surface area contributed by atoms with Crippen LogP contribution in [-0.2, 0) is 24.8 Å². The Bertz CT molecular complexity index is 1090. The third-order valence-electron chi connectivity index (χ3n) is 4.04. The second-order valence-corrected chi connectivity index (χ2v) is 9.74. The number of sulfonamides is 2. The fraction of sp³-hybridized carbons (Fsp3) is 0.235. The van der Waals surface area contributed by atoms with Crippen LogP contribution in [0.15, 0.2) is 47.4 Å². The number of nitrogens with one attached hydrogen (secondary N) is 1. The molecule has 0 saturated carbocycles. The molecule has 1 N–H and O–H groups in total. The number of nitrogens with zero attached hydrogens (tertiary/aromatic N) is 1. The molecule has 0 aromatic heterocycles. The summed E-state index contributed by atoms with van der Waals surface area (Å²) in [6, 6.07) is 11.0. The lowest BCUT2D eigenvalue weighted by Gasteiger charge is -2.17. The highest BCUT2D eigenvalue weighted by Crippen LogP contribution is 2.30. The van der Waals surface area contributed by atoms with Crippen molar-refractivity contribution in [3.8, 4) is 0 Å². The molecular formula is C17H18N2O5S2. The molecule has 2 aromatic rings. The van der Waals surface area contributed by atoms with Gasteiger partial charge in [0.25, 0.3) is 10.0 Å². The van der Waals surface area contributed by atoms with Crippen LogP contribution in [0.5, 0.6) is 0 Å². The minimum atomic E-state index is -3.95. The van der Waals surface area contributed by atoms with Gasteiger partial charge in [0.15, 0.2) is 0 Å². The quantitative estimate of drug-likeness (QED) is 0.856. The number of hydrogen-bond acceptors (Lipinski definition) is 5. The van der Waals surface area contributed by atoms with E-state index in [0.29, 0.717) is 15.6 Å². The number of benzene rings is 2. The Morgan fingerprint density at radius 2 is 1.81 bits per heavy atom. The molecule has 26 heavy (non-hydrogen) atoms. The van der Waals surface area contributed by atoms with Crippen molar-refractivity contribution in [2.45, 2.75) is 25.2 Å². The molecule has 1 saturated heterocycles. The van der Waals surface area contributed by atoms with Crippen LogP contribution >= 0.6 is 0 Å². The Labute approximate surface area is 152 Å². The number of hydrogen-bond donors (Lipinski definition) is 1. The molecule has 1 aliphatic heterocycles. The van der Waals surface area contributed by atoms with Crippen LogP contribution in [0.2, 0.25) is 0 Å². The molecule has 3 rings (SSSR count). The number of aryl methyl sites for hydroxylation is 2. The topological polar surface area (TPSA) is 101 Å². The van der Waals surface area contributed by atoms with Crippen molar-refractivity contribution in [2.24, 2.45) is 0 Å². The Hall–Kier alpha value is -2.39. The van der Waals surface area contributed by atoms with Crippen molar-refractivity contribution in [1.82, 2.24) is 0 Å². The first-order chi connectivity index (χ1) is 12.1. The fourth-order valence-electron chi connectivity index (χ4n) is 2.79. The second kappa shape index (κ2) is 6.40. The largest absolute Gasteiger partial charge is 0.280 e. The third kappa shape index (κ3) is 3.45. The maximum Gasteiger partial charge on any atom is 0.262 e. The third-order valence-corrected chi connectivity index (χ3v) is 7.26. The first-order valence-electron chi connectivity index (χ1n) is 7.86. The van der Waals surface area contributed by atoms with Gasteiger partial charge in [-0.1, -0.05) is 18.2 Å². The Kier molecular flexibility index (Phi) is 4.53. The molecule has 9 heteroatoms. The van der Waals surface area contributed by atoms with Crippen molar-refractivity contribution >= 4 is 37.3 Å². The number of carbonyl (C=O) groups excluding carboxylic acids is 1. The highest BCUT2D eigenvalue weighted by Gasteiger charge is 2.37. The molecule has 1 aliphatic rings. The van der Waals surface area contributed by atoms with Gasteiger partial charge in [0.05, 0.1) is 16.3 Å². The zero-order chi connectivity index (χ0) is 19.1. The van der Waals surface area contributed by atoms with Gasteiger partial charge in [-0.05, 0) is 49.2 Å². The Balaban J connectivity index is 2.04. The molecule has 7 nitrogen and oxygen atoms in total. The van der Waals surface area contributed by atoms with Crippen LogP contribution in [0.4, 0.5) is 11.4 Å². The summed E-state index contributed by atoms with van der Waals surface area (Å²) in [6.07, 6.45) is -0.111. The zero-order valence-electron chi connectivity index (χ0n) is 14.3. The summed E-state index contributed by atoms with van der Waals surface area (Å²) in [4.78, 5) is 11.9. The lowest BCUT2D eigenvalue weighted by atomic mass is 10.2. The Morgan fingerprint density at radius 3 is 2.42 bits per heavy atom. The van der Waals surface area contributed by atoms with Gasteiger partial charge in [0.1, 0.15) is 0 Å². The molecule has 0 spiro atoms. The van der Waals surface area contributed by atoms with Gasteiger partial charge in [-0.3, -0.25) is 9.52 Å². The van der Waals surface area contributed by atoms with Crippen LogP contribution in [0.1, 0.15) is 17.5 Å². The summed E-state index contributed by atoms with van der Waals surface area (Å²) < 4.78 is 52.9. The number of rotatable bonds is 4. The average Bonchev–Trinajstić information content (AvgIpc) is 2.81. The SMILES string of the molecule is Cc1cccc(NS(=O)(=O)c2cc(N3C(=O)CCS3(=O)=O)ccc2C)c1. The van der Waals surface area contributed by atoms with Crippen LogP contribution in [0.25, 0.3) is 0 Å². The minimum absolute atomic E-state index is 0.0303. The summed E-state index contributed by atoms with van der Waals surface area (Å²) in [5, 5.41) is 0. The van der Waals surface area contributed by atoms with Crippen LogP contribution in [-0.4, -0.2) is 28.5 Å². The molecule has 2 aromatic carbocycles. The summed E-state index contributed by atoms with van der Waals surface area (Å²) in [7, 11) is -7.71. The molecule has 0 atom stereocenters. The fourth-order valence-corrected chi connectivity index (χ4v) is 5.56. The van der Waals surface area contributed by atoms with E-state index in [0.717, 1.165) is 5.56 Å². The minimum Gasteiger partial charge on any atom is -0.280 e. The predicted octanol–water partition coefficient (Wildman–Crippen LogP) is 2.17. The van der Waals surface area contributed by atoms with Crippen molar-refractivity contribution in [3.05, 3.63) is 53.6 Å². The Morgan fingerprint density at radius 1 is 1.08 bits per heavy atom. The van der Waals surface area contributed by atoms with Crippen LogP contribution in [0.3, 0.4) is 0 Å². The van der Waals surface area contributed by atoms with Crippen LogP contribution < -0.4 is 9.03 Å². The summed E-state index contributed by atoms with van der Waals surface area (Å²) in [6.45, 7) is 3.45. The highest BCUT2D eigenvalue weighted by atomic mass is 32.2. The first kappa shape index (κ1) is 18.4. The normalized spacial score (nSPS) is 16.7. The van der Waals surface area contributed by atoms with Gasteiger partial charge >= 0.3 is 0 Å². The van der Waals surface area contributed by atoms with Crippen molar-refractivity contribution in [2.75, 3.05) is 14.8 Å². The molecule has 0 unspecified atom stereocenters. The maximum absolute atomic E-state index is 12.8. The van der Waals surface area contributed by atoms with E-state index in [-0.39, 0.29) is 22.8 Å². The van der Waals surface area contributed by atoms with Gasteiger partial charge in [0.2, 0.25) is 15.9 Å². The van der Waals surface area contributed by atoms with Gasteiger partial charge in [0, 0.05) is 12.1 Å². The van der Waals surface area contributed by atoms with E-state index in [2.05, 4.69) is 4.72 Å². The van der Waals surface area contributed by atoms with Gasteiger partial charge in [-0.25, -0.2) is 21.1 Å². The van der Waals surface area contributed by atoms with E-state index in [4.69, 9.17) is 0 Å². The molecule has 0 radical (unpaired) electrons.